The van der Waals surface area contributed by atoms with Crippen molar-refractivity contribution in [3.05, 3.63) is 65.7 Å². The van der Waals surface area contributed by atoms with Crippen molar-refractivity contribution in [2.24, 2.45) is 0 Å². The van der Waals surface area contributed by atoms with Gasteiger partial charge >= 0.3 is 5.51 Å². The maximum atomic E-state index is 12.2. The van der Waals surface area contributed by atoms with Gasteiger partial charge in [0.25, 0.3) is 5.91 Å². The van der Waals surface area contributed by atoms with Gasteiger partial charge in [0.2, 0.25) is 5.91 Å². The Kier molecular flexibility index (Phi) is 5.86. The number of thioether (sulfide) groups is 1. The molecule has 126 valence electrons. The van der Waals surface area contributed by atoms with Crippen LogP contribution in [0, 0.1) is 0 Å². The number of rotatable bonds is 4. The molecule has 2 amide bonds. The van der Waals surface area contributed by atoms with Gasteiger partial charge in [-0.2, -0.15) is 13.2 Å². The number of nitrogens with one attached hydrogen (secondary N) is 2. The Balaban J connectivity index is 1.85. The third-order valence-electron chi connectivity index (χ3n) is 2.87. The van der Waals surface area contributed by atoms with Crippen LogP contribution in [-0.4, -0.2) is 17.3 Å². The summed E-state index contributed by atoms with van der Waals surface area (Å²) in [6, 6.07) is 13.9. The van der Waals surface area contributed by atoms with Crippen LogP contribution in [0.2, 0.25) is 0 Å². The molecule has 0 radical (unpaired) electrons. The summed E-state index contributed by atoms with van der Waals surface area (Å²) >= 11 is -0.261. The lowest BCUT2D eigenvalue weighted by Crippen LogP contribution is -2.42. The maximum Gasteiger partial charge on any atom is 0.446 e. The first-order chi connectivity index (χ1) is 11.3. The van der Waals surface area contributed by atoms with E-state index in [2.05, 4.69) is 10.9 Å². The van der Waals surface area contributed by atoms with E-state index in [4.69, 9.17) is 0 Å². The molecule has 2 aromatic carbocycles. The summed E-state index contributed by atoms with van der Waals surface area (Å²) in [6.07, 6.45) is 0.0995. The summed E-state index contributed by atoms with van der Waals surface area (Å²) in [4.78, 5) is 23.5. The molecule has 0 unspecified atom stereocenters. The average Bonchev–Trinajstić information content (AvgIpc) is 2.53. The molecule has 24 heavy (non-hydrogen) atoms. The van der Waals surface area contributed by atoms with Crippen LogP contribution >= 0.6 is 11.8 Å². The first-order valence-corrected chi connectivity index (χ1v) is 7.64. The lowest BCUT2D eigenvalue weighted by Gasteiger charge is -2.09. The van der Waals surface area contributed by atoms with Crippen molar-refractivity contribution < 1.29 is 22.8 Å². The monoisotopic (exact) mass is 354 g/mol. The van der Waals surface area contributed by atoms with E-state index in [9.17, 15) is 22.8 Å². The summed E-state index contributed by atoms with van der Waals surface area (Å²) in [5, 5.41) is 0. The minimum atomic E-state index is -4.38. The average molecular weight is 354 g/mol. The van der Waals surface area contributed by atoms with Gasteiger partial charge < -0.3 is 0 Å². The van der Waals surface area contributed by atoms with E-state index in [0.29, 0.717) is 0 Å². The fourth-order valence-electron chi connectivity index (χ4n) is 1.83. The largest absolute Gasteiger partial charge is 0.446 e. The molecule has 8 heteroatoms. The highest BCUT2D eigenvalue weighted by Crippen LogP contribution is 2.36. The van der Waals surface area contributed by atoms with Crippen LogP contribution in [-0.2, 0) is 11.2 Å². The normalized spacial score (nSPS) is 11.0. The molecule has 0 aliphatic rings. The molecule has 0 aliphatic carbocycles. The quantitative estimate of drug-likeness (QED) is 0.654. The van der Waals surface area contributed by atoms with Crippen LogP contribution < -0.4 is 10.9 Å². The lowest BCUT2D eigenvalue weighted by molar-refractivity contribution is -0.121. The zero-order chi connectivity index (χ0) is 17.6. The number of carbonyl (C=O) groups excluding carboxylic acids is 2. The number of carbonyl (C=O) groups is 2. The van der Waals surface area contributed by atoms with Gasteiger partial charge in [0.1, 0.15) is 0 Å². The number of benzene rings is 2. The Labute approximate surface area is 140 Å². The predicted molar refractivity (Wildman–Crippen MR) is 84.1 cm³/mol. The van der Waals surface area contributed by atoms with E-state index in [-0.39, 0.29) is 28.6 Å². The van der Waals surface area contributed by atoms with E-state index in [0.717, 1.165) is 5.56 Å². The molecule has 0 saturated heterocycles. The first kappa shape index (κ1) is 17.9. The summed E-state index contributed by atoms with van der Waals surface area (Å²) < 4.78 is 36.7. The number of hydrogen-bond acceptors (Lipinski definition) is 3. The number of halogens is 3. The van der Waals surface area contributed by atoms with Crippen molar-refractivity contribution in [1.29, 1.82) is 0 Å². The molecule has 0 aliphatic heterocycles. The van der Waals surface area contributed by atoms with Crippen LogP contribution in [0.5, 0.6) is 0 Å². The Morgan fingerprint density at radius 2 is 1.54 bits per heavy atom. The molecule has 0 bridgehead atoms. The van der Waals surface area contributed by atoms with Crippen molar-refractivity contribution in [3.8, 4) is 0 Å². The molecule has 0 saturated carbocycles. The summed E-state index contributed by atoms with van der Waals surface area (Å²) in [5.74, 6) is -1.02. The molecular formula is C16H13F3N2O2S. The summed E-state index contributed by atoms with van der Waals surface area (Å²) in [5.41, 5.74) is 1.03. The third-order valence-corrected chi connectivity index (χ3v) is 3.61. The van der Waals surface area contributed by atoms with E-state index in [1.165, 1.54) is 24.3 Å². The minimum absolute atomic E-state index is 0.0211. The van der Waals surface area contributed by atoms with Gasteiger partial charge in [0.05, 0.1) is 6.42 Å². The molecule has 2 aromatic rings. The Morgan fingerprint density at radius 3 is 2.12 bits per heavy atom. The van der Waals surface area contributed by atoms with Crippen LogP contribution in [0.4, 0.5) is 13.2 Å². The second-order valence-corrected chi connectivity index (χ2v) is 5.88. The van der Waals surface area contributed by atoms with Gasteiger partial charge in [-0.3, -0.25) is 20.4 Å². The van der Waals surface area contributed by atoms with Crippen LogP contribution in [0.3, 0.4) is 0 Å². The van der Waals surface area contributed by atoms with E-state index >= 15 is 0 Å². The lowest BCUT2D eigenvalue weighted by atomic mass is 10.1. The molecule has 0 spiro atoms. The first-order valence-electron chi connectivity index (χ1n) is 6.82. The fourth-order valence-corrected chi connectivity index (χ4v) is 2.37. The van der Waals surface area contributed by atoms with Gasteiger partial charge in [0, 0.05) is 10.5 Å². The van der Waals surface area contributed by atoms with Crippen molar-refractivity contribution in [1.82, 2.24) is 10.9 Å². The van der Waals surface area contributed by atoms with Gasteiger partial charge in [-0.1, -0.05) is 30.3 Å². The van der Waals surface area contributed by atoms with Crippen molar-refractivity contribution in [2.45, 2.75) is 16.8 Å². The highest BCUT2D eigenvalue weighted by molar-refractivity contribution is 8.00. The Hall–Kier alpha value is -2.48. The minimum Gasteiger partial charge on any atom is -0.273 e. The molecule has 4 nitrogen and oxygen atoms in total. The number of hydrogen-bond donors (Lipinski definition) is 2. The maximum absolute atomic E-state index is 12.2. The second-order valence-electron chi connectivity index (χ2n) is 4.74. The standard InChI is InChI=1S/C16H13F3N2O2S/c17-16(18,19)24-13-8-6-12(7-9-13)15(23)21-20-14(22)10-11-4-2-1-3-5-11/h1-9H,10H2,(H,20,22)(H,21,23). The highest BCUT2D eigenvalue weighted by atomic mass is 32.2. The van der Waals surface area contributed by atoms with Crippen molar-refractivity contribution in [2.75, 3.05) is 0 Å². The molecule has 0 fully saturated rings. The van der Waals surface area contributed by atoms with Crippen LogP contribution in [0.1, 0.15) is 15.9 Å². The summed E-state index contributed by atoms with van der Waals surface area (Å²) in [7, 11) is 0. The fraction of sp³-hybridized carbons (Fsp3) is 0.125. The molecule has 0 atom stereocenters. The number of alkyl halides is 3. The Bertz CT molecular complexity index is 704. The van der Waals surface area contributed by atoms with Gasteiger partial charge in [0.15, 0.2) is 0 Å². The van der Waals surface area contributed by atoms with Gasteiger partial charge in [-0.05, 0) is 41.6 Å². The zero-order valence-electron chi connectivity index (χ0n) is 12.3. The van der Waals surface area contributed by atoms with E-state index in [1.54, 1.807) is 24.3 Å². The van der Waals surface area contributed by atoms with Crippen molar-refractivity contribution >= 4 is 23.6 Å². The highest BCUT2D eigenvalue weighted by Gasteiger charge is 2.29. The number of amides is 2. The van der Waals surface area contributed by atoms with Crippen LogP contribution in [0.15, 0.2) is 59.5 Å². The van der Waals surface area contributed by atoms with Crippen molar-refractivity contribution in [3.63, 3.8) is 0 Å². The van der Waals surface area contributed by atoms with E-state index in [1.807, 2.05) is 6.07 Å². The molecule has 2 rings (SSSR count). The topological polar surface area (TPSA) is 58.2 Å². The van der Waals surface area contributed by atoms with Gasteiger partial charge in [-0.15, -0.1) is 0 Å². The van der Waals surface area contributed by atoms with Gasteiger partial charge in [-0.25, -0.2) is 0 Å². The zero-order valence-corrected chi connectivity index (χ0v) is 13.1. The number of hydrazine groups is 1. The third kappa shape index (κ3) is 5.96. The molecule has 0 aromatic heterocycles. The smallest absolute Gasteiger partial charge is 0.273 e. The molecule has 0 heterocycles. The second kappa shape index (κ2) is 7.87. The van der Waals surface area contributed by atoms with E-state index < -0.39 is 17.3 Å². The predicted octanol–water partition coefficient (Wildman–Crippen LogP) is 3.30. The SMILES string of the molecule is O=C(Cc1ccccc1)NNC(=O)c1ccc(SC(F)(F)F)cc1. The van der Waals surface area contributed by atoms with Crippen LogP contribution in [0.25, 0.3) is 0 Å². The molecular weight excluding hydrogens is 341 g/mol. The Morgan fingerprint density at radius 1 is 0.917 bits per heavy atom. The molecule has 2 N–H and O–H groups in total. The summed E-state index contributed by atoms with van der Waals surface area (Å²) in [6.45, 7) is 0.